The molecule has 1 aliphatic rings. The van der Waals surface area contributed by atoms with Crippen LogP contribution in [0.2, 0.25) is 0 Å². The van der Waals surface area contributed by atoms with E-state index in [-0.39, 0.29) is 12.1 Å². The number of hydrogen-bond acceptors (Lipinski definition) is 8. The summed E-state index contributed by atoms with van der Waals surface area (Å²) < 4.78 is 0. The van der Waals surface area contributed by atoms with E-state index in [1.807, 2.05) is 0 Å². The standard InChI is InChI=1S/C10H9N5O7/c1-4-2-7(16)12-8-5(11-4)3-6(13(17)18)9(14(19)20)10(8)15(21)22/h3-4,11H,2H2,1H3,(H,12,16). The molecule has 0 aromatic heterocycles. The Morgan fingerprint density at radius 3 is 2.18 bits per heavy atom. The molecule has 1 amide bonds. The lowest BCUT2D eigenvalue weighted by atomic mass is 10.1. The summed E-state index contributed by atoms with van der Waals surface area (Å²) in [5.41, 5.74) is -3.97. The summed E-state index contributed by atoms with van der Waals surface area (Å²) in [4.78, 5) is 41.4. The summed E-state index contributed by atoms with van der Waals surface area (Å²) in [6.45, 7) is 1.59. The third kappa shape index (κ3) is 2.48. The van der Waals surface area contributed by atoms with E-state index in [0.717, 1.165) is 6.07 Å². The molecular weight excluding hydrogens is 302 g/mol. The summed E-state index contributed by atoms with van der Waals surface area (Å²) in [6.07, 6.45) is -0.0482. The fraction of sp³-hybridized carbons (Fsp3) is 0.300. The normalized spacial score (nSPS) is 16.8. The zero-order chi connectivity index (χ0) is 16.6. The lowest BCUT2D eigenvalue weighted by Crippen LogP contribution is -2.18. The van der Waals surface area contributed by atoms with Crippen LogP contribution in [0.4, 0.5) is 28.4 Å². The predicted molar refractivity (Wildman–Crippen MR) is 72.7 cm³/mol. The van der Waals surface area contributed by atoms with Gasteiger partial charge in [-0.05, 0) is 6.92 Å². The number of benzene rings is 1. The van der Waals surface area contributed by atoms with Crippen molar-refractivity contribution in [3.8, 4) is 0 Å². The fourth-order valence-electron chi connectivity index (χ4n) is 2.17. The van der Waals surface area contributed by atoms with Gasteiger partial charge in [0.2, 0.25) is 5.91 Å². The van der Waals surface area contributed by atoms with E-state index in [0.29, 0.717) is 0 Å². The molecule has 2 N–H and O–H groups in total. The maximum absolute atomic E-state index is 11.7. The highest BCUT2D eigenvalue weighted by molar-refractivity contribution is 6.02. The first kappa shape index (κ1) is 15.1. The molecule has 0 saturated carbocycles. The molecular formula is C10H9N5O7. The average Bonchev–Trinajstić information content (AvgIpc) is 2.51. The van der Waals surface area contributed by atoms with Crippen LogP contribution in [0.5, 0.6) is 0 Å². The number of hydrogen-bond donors (Lipinski definition) is 2. The largest absolute Gasteiger partial charge is 0.424 e. The average molecular weight is 311 g/mol. The van der Waals surface area contributed by atoms with Crippen molar-refractivity contribution in [1.29, 1.82) is 0 Å². The van der Waals surface area contributed by atoms with Crippen LogP contribution < -0.4 is 10.6 Å². The van der Waals surface area contributed by atoms with Crippen LogP contribution in [-0.2, 0) is 4.79 Å². The Bertz CT molecular complexity index is 716. The van der Waals surface area contributed by atoms with E-state index >= 15 is 0 Å². The number of amides is 1. The summed E-state index contributed by atoms with van der Waals surface area (Å²) >= 11 is 0. The van der Waals surface area contributed by atoms with Crippen molar-refractivity contribution >= 4 is 34.3 Å². The summed E-state index contributed by atoms with van der Waals surface area (Å²) in [7, 11) is 0. The maximum Gasteiger partial charge on any atom is 0.424 e. The number of fused-ring (bicyclic) bond motifs is 1. The monoisotopic (exact) mass is 311 g/mol. The number of nitrogens with zero attached hydrogens (tertiary/aromatic N) is 3. The molecule has 0 saturated heterocycles. The number of carbonyl (C=O) groups excluding carboxylic acids is 1. The molecule has 1 aliphatic heterocycles. The summed E-state index contributed by atoms with van der Waals surface area (Å²) in [6, 6.07) is 0.352. The molecule has 1 aromatic carbocycles. The van der Waals surface area contributed by atoms with Gasteiger partial charge >= 0.3 is 17.1 Å². The third-order valence-electron chi connectivity index (χ3n) is 2.97. The van der Waals surface area contributed by atoms with Crippen LogP contribution in [0, 0.1) is 30.3 Å². The SMILES string of the molecule is CC1CC(=O)Nc2c(cc([N+](=O)[O-])c([N+](=O)[O-])c2[N+](=O)[O-])N1. The Hall–Kier alpha value is -3.31. The molecule has 0 fully saturated rings. The summed E-state index contributed by atoms with van der Waals surface area (Å²) in [5, 5.41) is 38.1. The Morgan fingerprint density at radius 1 is 1.09 bits per heavy atom. The van der Waals surface area contributed by atoms with Crippen molar-refractivity contribution in [3.63, 3.8) is 0 Å². The van der Waals surface area contributed by atoms with E-state index in [2.05, 4.69) is 10.6 Å². The lowest BCUT2D eigenvalue weighted by Gasteiger charge is -2.11. The minimum atomic E-state index is -1.27. The van der Waals surface area contributed by atoms with Crippen LogP contribution in [0.25, 0.3) is 0 Å². The number of nitro benzene ring substituents is 3. The molecule has 1 unspecified atom stereocenters. The molecule has 0 bridgehead atoms. The Morgan fingerprint density at radius 2 is 1.68 bits per heavy atom. The first-order valence-corrected chi connectivity index (χ1v) is 5.93. The van der Waals surface area contributed by atoms with Gasteiger partial charge in [0.15, 0.2) is 5.69 Å². The molecule has 116 valence electrons. The number of anilines is 2. The quantitative estimate of drug-likeness (QED) is 0.625. The van der Waals surface area contributed by atoms with Gasteiger partial charge in [0, 0.05) is 18.5 Å². The second kappa shape index (κ2) is 5.23. The van der Waals surface area contributed by atoms with E-state index in [1.54, 1.807) is 6.92 Å². The zero-order valence-corrected chi connectivity index (χ0v) is 11.1. The van der Waals surface area contributed by atoms with Gasteiger partial charge in [-0.3, -0.25) is 35.1 Å². The van der Waals surface area contributed by atoms with Crippen LogP contribution in [-0.4, -0.2) is 26.7 Å². The fourth-order valence-corrected chi connectivity index (χ4v) is 2.17. The highest BCUT2D eigenvalue weighted by Crippen LogP contribution is 2.47. The van der Waals surface area contributed by atoms with Gasteiger partial charge in [-0.2, -0.15) is 0 Å². The van der Waals surface area contributed by atoms with Gasteiger partial charge in [-0.25, -0.2) is 0 Å². The second-order valence-electron chi connectivity index (χ2n) is 4.58. The minimum absolute atomic E-state index is 0.0482. The predicted octanol–water partition coefficient (Wildman–Crippen LogP) is 1.55. The van der Waals surface area contributed by atoms with Crippen molar-refractivity contribution in [3.05, 3.63) is 36.4 Å². The zero-order valence-electron chi connectivity index (χ0n) is 11.1. The van der Waals surface area contributed by atoms with Gasteiger partial charge in [-0.15, -0.1) is 0 Å². The number of carbonyl (C=O) groups is 1. The molecule has 12 nitrogen and oxygen atoms in total. The molecule has 0 aliphatic carbocycles. The van der Waals surface area contributed by atoms with Crippen LogP contribution in [0.3, 0.4) is 0 Å². The smallest absolute Gasteiger partial charge is 0.380 e. The Kier molecular flexibility index (Phi) is 3.59. The maximum atomic E-state index is 11.7. The van der Waals surface area contributed by atoms with Crippen molar-refractivity contribution in [2.75, 3.05) is 10.6 Å². The molecule has 0 spiro atoms. The van der Waals surface area contributed by atoms with Gasteiger partial charge in [0.05, 0.1) is 20.5 Å². The lowest BCUT2D eigenvalue weighted by molar-refractivity contribution is -0.440. The van der Waals surface area contributed by atoms with E-state index in [9.17, 15) is 35.1 Å². The van der Waals surface area contributed by atoms with Crippen molar-refractivity contribution in [1.82, 2.24) is 0 Å². The van der Waals surface area contributed by atoms with Crippen LogP contribution in [0.15, 0.2) is 6.07 Å². The molecule has 1 aromatic rings. The van der Waals surface area contributed by atoms with E-state index in [1.165, 1.54) is 0 Å². The highest BCUT2D eigenvalue weighted by atomic mass is 16.6. The topological polar surface area (TPSA) is 171 Å². The summed E-state index contributed by atoms with van der Waals surface area (Å²) in [5.74, 6) is -0.593. The molecule has 1 heterocycles. The third-order valence-corrected chi connectivity index (χ3v) is 2.97. The second-order valence-corrected chi connectivity index (χ2v) is 4.58. The first-order chi connectivity index (χ1) is 10.2. The number of rotatable bonds is 3. The highest BCUT2D eigenvalue weighted by Gasteiger charge is 2.42. The molecule has 0 radical (unpaired) electrons. The Labute approximate surface area is 121 Å². The van der Waals surface area contributed by atoms with Gasteiger partial charge in [0.25, 0.3) is 0 Å². The van der Waals surface area contributed by atoms with Crippen molar-refractivity contribution < 1.29 is 19.6 Å². The van der Waals surface area contributed by atoms with Gasteiger partial charge in [-0.1, -0.05) is 0 Å². The minimum Gasteiger partial charge on any atom is -0.380 e. The van der Waals surface area contributed by atoms with E-state index < -0.39 is 49.5 Å². The van der Waals surface area contributed by atoms with Crippen molar-refractivity contribution in [2.24, 2.45) is 0 Å². The van der Waals surface area contributed by atoms with Crippen molar-refractivity contribution in [2.45, 2.75) is 19.4 Å². The molecule has 22 heavy (non-hydrogen) atoms. The Balaban J connectivity index is 2.87. The van der Waals surface area contributed by atoms with E-state index in [4.69, 9.17) is 0 Å². The van der Waals surface area contributed by atoms with Gasteiger partial charge in [0.1, 0.15) is 0 Å². The van der Waals surface area contributed by atoms with Gasteiger partial charge < -0.3 is 10.6 Å². The molecule has 2 rings (SSSR count). The number of nitrogens with one attached hydrogen (secondary N) is 2. The van der Waals surface area contributed by atoms with Crippen LogP contribution >= 0.6 is 0 Å². The number of nitro groups is 3. The molecule has 12 heteroatoms. The van der Waals surface area contributed by atoms with Crippen LogP contribution in [0.1, 0.15) is 13.3 Å². The molecule has 1 atom stereocenters. The first-order valence-electron chi connectivity index (χ1n) is 5.93.